The maximum absolute atomic E-state index is 11.8. The van der Waals surface area contributed by atoms with Crippen molar-refractivity contribution >= 4 is 61.5 Å². The number of halogens is 3. The molecule has 98 valence electrons. The van der Waals surface area contributed by atoms with Crippen LogP contribution in [0.2, 0.25) is 0 Å². The first-order valence-electron chi connectivity index (χ1n) is 5.01. The van der Waals surface area contributed by atoms with Gasteiger partial charge in [0.1, 0.15) is 0 Å². The molecule has 0 saturated heterocycles. The zero-order valence-electron chi connectivity index (χ0n) is 9.55. The maximum atomic E-state index is 11.8. The molecule has 7 heteroatoms. The predicted molar refractivity (Wildman–Crippen MR) is 82.4 cm³/mol. The second-order valence-electron chi connectivity index (χ2n) is 3.41. The van der Waals surface area contributed by atoms with Crippen molar-refractivity contribution in [1.29, 1.82) is 0 Å². The Hall–Kier alpha value is 0.380. The molecule has 0 aliphatic carbocycles. The fraction of sp³-hybridized carbons (Fsp3) is 0.500. The third-order valence-corrected chi connectivity index (χ3v) is 4.36. The summed E-state index contributed by atoms with van der Waals surface area (Å²) in [6.45, 7) is 5.63. The first-order valence-corrected chi connectivity index (χ1v) is 7.41. The Labute approximate surface area is 128 Å². The van der Waals surface area contributed by atoms with Gasteiger partial charge in [-0.3, -0.25) is 4.79 Å². The van der Waals surface area contributed by atoms with Crippen LogP contribution in [-0.2, 0) is 0 Å². The lowest BCUT2D eigenvalue weighted by Crippen LogP contribution is -2.38. The summed E-state index contributed by atoms with van der Waals surface area (Å²) in [6.07, 6.45) is 0. The van der Waals surface area contributed by atoms with Crippen LogP contribution in [0, 0.1) is 0 Å². The average molecular weight is 407 g/mol. The lowest BCUT2D eigenvalue weighted by atomic mass is 10.3. The van der Waals surface area contributed by atoms with Gasteiger partial charge >= 0.3 is 0 Å². The first-order chi connectivity index (χ1) is 7.54. The van der Waals surface area contributed by atoms with E-state index in [4.69, 9.17) is 0 Å². The smallest absolute Gasteiger partial charge is 0.253 e. The number of likely N-dealkylation sites (N-methyl/N-ethyl adjacent to an activating group) is 1. The van der Waals surface area contributed by atoms with Crippen molar-refractivity contribution < 1.29 is 4.79 Å². The molecular formula is C10H15Br2ClN2OS. The Morgan fingerprint density at radius 3 is 2.65 bits per heavy atom. The van der Waals surface area contributed by atoms with Crippen LogP contribution in [0.25, 0.3) is 0 Å². The van der Waals surface area contributed by atoms with E-state index in [0.29, 0.717) is 12.1 Å². The normalized spacial score (nSPS) is 11.8. The van der Waals surface area contributed by atoms with Crippen LogP contribution in [-0.4, -0.2) is 25.0 Å². The van der Waals surface area contributed by atoms with Gasteiger partial charge in [-0.05, 0) is 51.4 Å². The summed E-state index contributed by atoms with van der Waals surface area (Å²) in [5.41, 5.74) is 0.681. The van der Waals surface area contributed by atoms with E-state index in [1.807, 2.05) is 19.9 Å². The number of rotatable bonds is 5. The molecule has 1 aromatic heterocycles. The van der Waals surface area contributed by atoms with Crippen LogP contribution < -0.4 is 10.6 Å². The van der Waals surface area contributed by atoms with Crippen LogP contribution in [0.4, 0.5) is 0 Å². The van der Waals surface area contributed by atoms with Crippen molar-refractivity contribution in [2.24, 2.45) is 0 Å². The number of carbonyl (C=O) groups excluding carboxylic acids is 1. The Morgan fingerprint density at radius 1 is 1.53 bits per heavy atom. The highest BCUT2D eigenvalue weighted by atomic mass is 79.9. The summed E-state index contributed by atoms with van der Waals surface area (Å²) < 4.78 is 1.80. The third-order valence-electron chi connectivity index (χ3n) is 2.02. The molecule has 17 heavy (non-hydrogen) atoms. The van der Waals surface area contributed by atoms with Crippen molar-refractivity contribution in [3.8, 4) is 0 Å². The van der Waals surface area contributed by atoms with E-state index < -0.39 is 0 Å². The van der Waals surface area contributed by atoms with Crippen molar-refractivity contribution in [2.45, 2.75) is 19.9 Å². The largest absolute Gasteiger partial charge is 0.350 e. The van der Waals surface area contributed by atoms with Gasteiger partial charge in [0, 0.05) is 12.6 Å². The molecule has 0 aliphatic heterocycles. The summed E-state index contributed by atoms with van der Waals surface area (Å²) in [5.74, 6) is -0.0430. The molecule has 1 amide bonds. The fourth-order valence-corrected chi connectivity index (χ4v) is 4.05. The molecule has 2 N–H and O–H groups in total. The van der Waals surface area contributed by atoms with Crippen molar-refractivity contribution in [3.05, 3.63) is 19.2 Å². The number of hydrogen-bond acceptors (Lipinski definition) is 3. The molecular weight excluding hydrogens is 391 g/mol. The van der Waals surface area contributed by atoms with E-state index >= 15 is 0 Å². The van der Waals surface area contributed by atoms with Crippen LogP contribution in [0.3, 0.4) is 0 Å². The van der Waals surface area contributed by atoms with Crippen LogP contribution in [0.15, 0.2) is 13.6 Å². The average Bonchev–Trinajstić information content (AvgIpc) is 2.55. The predicted octanol–water partition coefficient (Wildman–Crippen LogP) is 3.42. The number of amides is 1. The summed E-state index contributed by atoms with van der Waals surface area (Å²) in [6, 6.07) is 2.11. The monoisotopic (exact) mass is 404 g/mol. The summed E-state index contributed by atoms with van der Waals surface area (Å²) in [7, 11) is 0. The molecule has 1 aromatic rings. The molecule has 0 aliphatic rings. The topological polar surface area (TPSA) is 41.1 Å². The number of hydrogen-bond donors (Lipinski definition) is 2. The third kappa shape index (κ3) is 5.70. The molecule has 1 rings (SSSR count). The standard InChI is InChI=1S/C10H14Br2N2OS.ClH/c1-3-13-6(2)5-14-10(15)7-4-8(11)16-9(7)12;/h4,6,13H,3,5H2,1-2H3,(H,14,15);1H/t6-;/m1./s1. The van der Waals surface area contributed by atoms with Gasteiger partial charge in [-0.2, -0.15) is 0 Å². The van der Waals surface area contributed by atoms with Crippen LogP contribution in [0.5, 0.6) is 0 Å². The van der Waals surface area contributed by atoms with Gasteiger partial charge in [-0.1, -0.05) is 6.92 Å². The van der Waals surface area contributed by atoms with Gasteiger partial charge in [0.05, 0.1) is 13.1 Å². The molecule has 0 saturated carbocycles. The van der Waals surface area contributed by atoms with E-state index in [1.54, 1.807) is 0 Å². The number of thiophene rings is 1. The van der Waals surface area contributed by atoms with Gasteiger partial charge in [-0.25, -0.2) is 0 Å². The van der Waals surface area contributed by atoms with Gasteiger partial charge in [0.2, 0.25) is 0 Å². The summed E-state index contributed by atoms with van der Waals surface area (Å²) >= 11 is 8.22. The Balaban J connectivity index is 0.00000256. The van der Waals surface area contributed by atoms with Crippen LogP contribution in [0.1, 0.15) is 24.2 Å². The van der Waals surface area contributed by atoms with Gasteiger partial charge < -0.3 is 10.6 Å². The molecule has 0 fully saturated rings. The van der Waals surface area contributed by atoms with Crippen LogP contribution >= 0.6 is 55.6 Å². The van der Waals surface area contributed by atoms with E-state index in [2.05, 4.69) is 42.5 Å². The molecule has 0 spiro atoms. The fourth-order valence-electron chi connectivity index (χ4n) is 1.26. The molecule has 3 nitrogen and oxygen atoms in total. The SMILES string of the molecule is CCN[C@H](C)CNC(=O)c1cc(Br)sc1Br.Cl. The van der Waals surface area contributed by atoms with E-state index in [-0.39, 0.29) is 24.4 Å². The molecule has 0 aromatic carbocycles. The first kappa shape index (κ1) is 17.4. The number of carbonyl (C=O) groups is 1. The second-order valence-corrected chi connectivity index (χ2v) is 7.16. The van der Waals surface area contributed by atoms with Gasteiger partial charge in [0.15, 0.2) is 0 Å². The zero-order chi connectivity index (χ0) is 12.1. The molecule has 0 bridgehead atoms. The Bertz CT molecular complexity index is 373. The molecule has 1 atom stereocenters. The highest BCUT2D eigenvalue weighted by molar-refractivity contribution is 9.12. The maximum Gasteiger partial charge on any atom is 0.253 e. The second kappa shape index (κ2) is 8.48. The van der Waals surface area contributed by atoms with E-state index in [1.165, 1.54) is 11.3 Å². The Kier molecular flexibility index (Phi) is 8.67. The minimum atomic E-state index is -0.0430. The minimum Gasteiger partial charge on any atom is -0.350 e. The lowest BCUT2D eigenvalue weighted by molar-refractivity contribution is 0.0950. The van der Waals surface area contributed by atoms with Crippen molar-refractivity contribution in [1.82, 2.24) is 10.6 Å². The molecule has 1 heterocycles. The minimum absolute atomic E-state index is 0. The zero-order valence-corrected chi connectivity index (χ0v) is 14.4. The highest BCUT2D eigenvalue weighted by Crippen LogP contribution is 2.31. The lowest BCUT2D eigenvalue weighted by Gasteiger charge is -2.12. The summed E-state index contributed by atoms with van der Waals surface area (Å²) in [4.78, 5) is 11.8. The Morgan fingerprint density at radius 2 is 2.18 bits per heavy atom. The van der Waals surface area contributed by atoms with E-state index in [0.717, 1.165) is 14.1 Å². The molecule has 0 radical (unpaired) electrons. The quantitative estimate of drug-likeness (QED) is 0.787. The van der Waals surface area contributed by atoms with E-state index in [9.17, 15) is 4.79 Å². The van der Waals surface area contributed by atoms with Crippen molar-refractivity contribution in [2.75, 3.05) is 13.1 Å². The van der Waals surface area contributed by atoms with Gasteiger partial charge in [0.25, 0.3) is 5.91 Å². The highest BCUT2D eigenvalue weighted by Gasteiger charge is 2.13. The van der Waals surface area contributed by atoms with Crippen molar-refractivity contribution in [3.63, 3.8) is 0 Å². The molecule has 0 unspecified atom stereocenters. The summed E-state index contributed by atoms with van der Waals surface area (Å²) in [5, 5.41) is 6.13. The van der Waals surface area contributed by atoms with Gasteiger partial charge in [-0.15, -0.1) is 23.7 Å². The number of nitrogens with one attached hydrogen (secondary N) is 2.